The maximum absolute atomic E-state index is 10.6. The van der Waals surface area contributed by atoms with Gasteiger partial charge in [-0.1, -0.05) is 60.6 Å². The summed E-state index contributed by atoms with van der Waals surface area (Å²) in [7, 11) is 0. The summed E-state index contributed by atoms with van der Waals surface area (Å²) in [5, 5.41) is 14.7. The van der Waals surface area contributed by atoms with Crippen molar-refractivity contribution in [3.05, 3.63) is 72.1 Å². The molecule has 2 aromatic carbocycles. The van der Waals surface area contributed by atoms with Gasteiger partial charge in [0.05, 0.1) is 12.0 Å². The van der Waals surface area contributed by atoms with E-state index in [4.69, 9.17) is 4.52 Å². The van der Waals surface area contributed by atoms with Crippen molar-refractivity contribution in [1.29, 1.82) is 0 Å². The average molecular weight is 294 g/mol. The highest BCUT2D eigenvalue weighted by molar-refractivity contribution is 5.52. The second-order valence-electron chi connectivity index (χ2n) is 5.19. The SMILES string of the molecule is CC[C@@H](c1noc(-c2ccccc2)n1)[C@H](O)c1ccccc1. The van der Waals surface area contributed by atoms with Crippen LogP contribution in [0.1, 0.15) is 36.8 Å². The summed E-state index contributed by atoms with van der Waals surface area (Å²) in [6, 6.07) is 19.2. The van der Waals surface area contributed by atoms with Crippen molar-refractivity contribution in [2.45, 2.75) is 25.4 Å². The standard InChI is InChI=1S/C18H18N2O2/c1-2-15(16(21)13-9-5-3-6-10-13)17-19-18(22-20-17)14-11-7-4-8-12-14/h3-12,15-16,21H,2H2,1H3/t15-,16-/m1/s1. The molecule has 0 aliphatic rings. The zero-order chi connectivity index (χ0) is 15.4. The molecule has 0 aliphatic heterocycles. The van der Waals surface area contributed by atoms with Crippen molar-refractivity contribution >= 4 is 0 Å². The molecule has 1 aromatic heterocycles. The average Bonchev–Trinajstić information content (AvgIpc) is 3.07. The van der Waals surface area contributed by atoms with Gasteiger partial charge in [-0.3, -0.25) is 0 Å². The summed E-state index contributed by atoms with van der Waals surface area (Å²) >= 11 is 0. The molecule has 112 valence electrons. The van der Waals surface area contributed by atoms with Gasteiger partial charge in [-0.05, 0) is 24.1 Å². The number of hydrogen-bond acceptors (Lipinski definition) is 4. The lowest BCUT2D eigenvalue weighted by Gasteiger charge is -2.18. The highest BCUT2D eigenvalue weighted by atomic mass is 16.5. The molecular formula is C18H18N2O2. The smallest absolute Gasteiger partial charge is 0.257 e. The Bertz CT molecular complexity index is 710. The minimum Gasteiger partial charge on any atom is -0.388 e. The molecule has 4 nitrogen and oxygen atoms in total. The van der Waals surface area contributed by atoms with E-state index in [2.05, 4.69) is 10.1 Å². The second kappa shape index (κ2) is 6.54. The van der Waals surface area contributed by atoms with Crippen LogP contribution in [0.3, 0.4) is 0 Å². The van der Waals surface area contributed by atoms with Crippen molar-refractivity contribution < 1.29 is 9.63 Å². The predicted octanol–water partition coefficient (Wildman–Crippen LogP) is 3.96. The Labute approximate surface area is 129 Å². The van der Waals surface area contributed by atoms with E-state index in [0.717, 1.165) is 17.5 Å². The lowest BCUT2D eigenvalue weighted by molar-refractivity contribution is 0.137. The molecule has 3 aromatic rings. The molecule has 0 unspecified atom stereocenters. The van der Waals surface area contributed by atoms with Gasteiger partial charge in [-0.2, -0.15) is 4.98 Å². The van der Waals surface area contributed by atoms with E-state index in [1.807, 2.05) is 67.6 Å². The molecule has 4 heteroatoms. The maximum Gasteiger partial charge on any atom is 0.257 e. The van der Waals surface area contributed by atoms with Gasteiger partial charge in [-0.15, -0.1) is 0 Å². The molecule has 22 heavy (non-hydrogen) atoms. The van der Waals surface area contributed by atoms with Crippen molar-refractivity contribution in [2.24, 2.45) is 0 Å². The van der Waals surface area contributed by atoms with E-state index in [-0.39, 0.29) is 5.92 Å². The van der Waals surface area contributed by atoms with Crippen molar-refractivity contribution in [2.75, 3.05) is 0 Å². The van der Waals surface area contributed by atoms with Gasteiger partial charge < -0.3 is 9.63 Å². The van der Waals surface area contributed by atoms with Gasteiger partial charge in [0.15, 0.2) is 5.82 Å². The summed E-state index contributed by atoms with van der Waals surface area (Å²) in [6.45, 7) is 2.01. The highest BCUT2D eigenvalue weighted by Gasteiger charge is 2.26. The molecule has 3 rings (SSSR count). The fourth-order valence-corrected chi connectivity index (χ4v) is 2.51. The molecule has 0 amide bonds. The van der Waals surface area contributed by atoms with Crippen LogP contribution in [-0.2, 0) is 0 Å². The molecule has 0 aliphatic carbocycles. The number of benzene rings is 2. The Morgan fingerprint density at radius 3 is 2.27 bits per heavy atom. The molecule has 0 radical (unpaired) electrons. The van der Waals surface area contributed by atoms with E-state index in [0.29, 0.717) is 11.7 Å². The van der Waals surface area contributed by atoms with E-state index in [1.165, 1.54) is 0 Å². The molecular weight excluding hydrogens is 276 g/mol. The Kier molecular flexibility index (Phi) is 4.30. The quantitative estimate of drug-likeness (QED) is 0.773. The fourth-order valence-electron chi connectivity index (χ4n) is 2.51. The van der Waals surface area contributed by atoms with Crippen LogP contribution in [0.15, 0.2) is 65.2 Å². The molecule has 1 heterocycles. The highest BCUT2D eigenvalue weighted by Crippen LogP contribution is 2.32. The predicted molar refractivity (Wildman–Crippen MR) is 84.2 cm³/mol. The van der Waals surface area contributed by atoms with Crippen LogP contribution in [0.4, 0.5) is 0 Å². The summed E-state index contributed by atoms with van der Waals surface area (Å²) < 4.78 is 5.35. The van der Waals surface area contributed by atoms with E-state index in [9.17, 15) is 5.11 Å². The number of rotatable bonds is 5. The minimum atomic E-state index is -0.646. The molecule has 0 fully saturated rings. The first-order valence-corrected chi connectivity index (χ1v) is 7.41. The molecule has 0 saturated heterocycles. The van der Waals surface area contributed by atoms with Gasteiger partial charge in [0, 0.05) is 5.56 Å². The van der Waals surface area contributed by atoms with E-state index in [1.54, 1.807) is 0 Å². The van der Waals surface area contributed by atoms with Gasteiger partial charge in [-0.25, -0.2) is 0 Å². The van der Waals surface area contributed by atoms with Crippen LogP contribution in [0, 0.1) is 0 Å². The zero-order valence-corrected chi connectivity index (χ0v) is 12.4. The number of nitrogens with zero attached hydrogens (tertiary/aromatic N) is 2. The number of hydrogen-bond donors (Lipinski definition) is 1. The molecule has 2 atom stereocenters. The summed E-state index contributed by atoms with van der Waals surface area (Å²) in [5.41, 5.74) is 1.74. The van der Waals surface area contributed by atoms with Crippen LogP contribution in [-0.4, -0.2) is 15.2 Å². The van der Waals surface area contributed by atoms with Gasteiger partial charge in [0.1, 0.15) is 0 Å². The van der Waals surface area contributed by atoms with Crippen molar-refractivity contribution in [3.63, 3.8) is 0 Å². The van der Waals surface area contributed by atoms with Crippen LogP contribution < -0.4 is 0 Å². The van der Waals surface area contributed by atoms with Crippen molar-refractivity contribution in [1.82, 2.24) is 10.1 Å². The Hall–Kier alpha value is -2.46. The first-order chi connectivity index (χ1) is 10.8. The lowest BCUT2D eigenvalue weighted by atomic mass is 9.93. The first-order valence-electron chi connectivity index (χ1n) is 7.41. The maximum atomic E-state index is 10.6. The topological polar surface area (TPSA) is 59.2 Å². The molecule has 0 saturated carbocycles. The van der Waals surface area contributed by atoms with Crippen LogP contribution in [0.2, 0.25) is 0 Å². The van der Waals surface area contributed by atoms with Crippen LogP contribution >= 0.6 is 0 Å². The zero-order valence-electron chi connectivity index (χ0n) is 12.4. The number of aliphatic hydroxyl groups is 1. The van der Waals surface area contributed by atoms with Gasteiger partial charge >= 0.3 is 0 Å². The van der Waals surface area contributed by atoms with Gasteiger partial charge in [0.2, 0.25) is 0 Å². The Balaban J connectivity index is 1.87. The molecule has 0 bridgehead atoms. The first kappa shape index (κ1) is 14.5. The third-order valence-corrected chi connectivity index (χ3v) is 3.76. The monoisotopic (exact) mass is 294 g/mol. The van der Waals surface area contributed by atoms with E-state index >= 15 is 0 Å². The van der Waals surface area contributed by atoms with E-state index < -0.39 is 6.10 Å². The lowest BCUT2D eigenvalue weighted by Crippen LogP contribution is -2.11. The number of aliphatic hydroxyl groups excluding tert-OH is 1. The molecule has 0 spiro atoms. The molecule has 1 N–H and O–H groups in total. The van der Waals surface area contributed by atoms with Crippen LogP contribution in [0.5, 0.6) is 0 Å². The number of aromatic nitrogens is 2. The van der Waals surface area contributed by atoms with Gasteiger partial charge in [0.25, 0.3) is 5.89 Å². The fraction of sp³-hybridized carbons (Fsp3) is 0.222. The largest absolute Gasteiger partial charge is 0.388 e. The third-order valence-electron chi connectivity index (χ3n) is 3.76. The second-order valence-corrected chi connectivity index (χ2v) is 5.19. The minimum absolute atomic E-state index is 0.191. The van der Waals surface area contributed by atoms with Crippen molar-refractivity contribution in [3.8, 4) is 11.5 Å². The van der Waals surface area contributed by atoms with Crippen LogP contribution in [0.25, 0.3) is 11.5 Å². The summed E-state index contributed by atoms with van der Waals surface area (Å²) in [4.78, 5) is 4.46. The summed E-state index contributed by atoms with van der Waals surface area (Å²) in [5.74, 6) is 0.829. The Morgan fingerprint density at radius 2 is 1.64 bits per heavy atom. The normalized spacial score (nSPS) is 13.7. The summed E-state index contributed by atoms with van der Waals surface area (Å²) in [6.07, 6.45) is 0.0801. The third kappa shape index (κ3) is 2.92. The Morgan fingerprint density at radius 1 is 1.00 bits per heavy atom.